The molecule has 0 saturated heterocycles. The first-order valence-electron chi connectivity index (χ1n) is 6.10. The van der Waals surface area contributed by atoms with Gasteiger partial charge in [-0.05, 0) is 35.7 Å². The zero-order valence-corrected chi connectivity index (χ0v) is 12.6. The minimum absolute atomic E-state index is 0.0899. The van der Waals surface area contributed by atoms with E-state index in [0.717, 1.165) is 0 Å². The molecule has 0 radical (unpaired) electrons. The summed E-state index contributed by atoms with van der Waals surface area (Å²) in [5, 5.41) is 19.4. The van der Waals surface area contributed by atoms with Crippen LogP contribution in [0.25, 0.3) is 0 Å². The van der Waals surface area contributed by atoms with E-state index >= 15 is 0 Å². The first-order valence-corrected chi connectivity index (χ1v) is 6.89. The minimum Gasteiger partial charge on any atom is -0.481 e. The lowest BCUT2D eigenvalue weighted by molar-refractivity contribution is -0.386. The molecule has 0 spiro atoms. The third-order valence-electron chi connectivity index (χ3n) is 2.93. The monoisotopic (exact) mass is 346 g/mol. The standard InChI is InChI=1S/C12H15BrN2O5/c1-8-9(15(19)20)7-14(12(18)11(8)13)6-4-2-3-5-10(16)17/h7H,2-6H2,1H3,(H,16,17). The van der Waals surface area contributed by atoms with E-state index in [2.05, 4.69) is 15.9 Å². The van der Waals surface area contributed by atoms with Crippen molar-refractivity contribution in [3.63, 3.8) is 0 Å². The smallest absolute Gasteiger partial charge is 0.303 e. The van der Waals surface area contributed by atoms with Crippen LogP contribution in [-0.4, -0.2) is 20.6 Å². The van der Waals surface area contributed by atoms with Gasteiger partial charge in [0.25, 0.3) is 11.2 Å². The fraction of sp³-hybridized carbons (Fsp3) is 0.500. The summed E-state index contributed by atoms with van der Waals surface area (Å²) in [5.41, 5.74) is -0.115. The van der Waals surface area contributed by atoms with E-state index in [1.165, 1.54) is 17.7 Å². The van der Waals surface area contributed by atoms with Gasteiger partial charge in [-0.15, -0.1) is 0 Å². The first-order chi connectivity index (χ1) is 9.34. The molecule has 1 N–H and O–H groups in total. The molecule has 1 aromatic heterocycles. The number of carbonyl (C=O) groups is 1. The average Bonchev–Trinajstić information content (AvgIpc) is 2.37. The minimum atomic E-state index is -0.851. The second-order valence-corrected chi connectivity index (χ2v) is 5.21. The highest BCUT2D eigenvalue weighted by atomic mass is 79.9. The van der Waals surface area contributed by atoms with E-state index in [4.69, 9.17) is 5.11 Å². The van der Waals surface area contributed by atoms with Gasteiger partial charge in [0.2, 0.25) is 0 Å². The van der Waals surface area contributed by atoms with Crippen molar-refractivity contribution in [2.24, 2.45) is 0 Å². The third kappa shape index (κ3) is 4.16. The Hall–Kier alpha value is -1.70. The topological polar surface area (TPSA) is 102 Å². The summed E-state index contributed by atoms with van der Waals surface area (Å²) < 4.78 is 1.48. The zero-order valence-electron chi connectivity index (χ0n) is 11.0. The number of rotatable bonds is 7. The quantitative estimate of drug-likeness (QED) is 0.464. The van der Waals surface area contributed by atoms with Gasteiger partial charge in [-0.1, -0.05) is 6.42 Å². The van der Waals surface area contributed by atoms with Crippen LogP contribution >= 0.6 is 15.9 Å². The van der Waals surface area contributed by atoms with Crippen molar-refractivity contribution in [2.75, 3.05) is 0 Å². The lowest BCUT2D eigenvalue weighted by Gasteiger charge is -2.08. The van der Waals surface area contributed by atoms with Gasteiger partial charge in [0.1, 0.15) is 0 Å². The molecule has 0 aliphatic carbocycles. The summed E-state index contributed by atoms with van der Waals surface area (Å²) in [4.78, 5) is 32.7. The van der Waals surface area contributed by atoms with Crippen molar-refractivity contribution < 1.29 is 14.8 Å². The van der Waals surface area contributed by atoms with Crippen molar-refractivity contribution in [1.29, 1.82) is 0 Å². The molecule has 0 amide bonds. The second-order valence-electron chi connectivity index (χ2n) is 4.41. The van der Waals surface area contributed by atoms with Crippen LogP contribution in [0.3, 0.4) is 0 Å². The molecule has 0 bridgehead atoms. The number of nitro groups is 1. The first kappa shape index (κ1) is 16.4. The number of unbranched alkanes of at least 4 members (excludes halogenated alkanes) is 2. The van der Waals surface area contributed by atoms with Gasteiger partial charge in [0, 0.05) is 18.5 Å². The highest BCUT2D eigenvalue weighted by Gasteiger charge is 2.18. The molecule has 0 aliphatic rings. The molecule has 1 rings (SSSR count). The van der Waals surface area contributed by atoms with Crippen LogP contribution in [0.5, 0.6) is 0 Å². The van der Waals surface area contributed by atoms with Gasteiger partial charge in [0.15, 0.2) is 0 Å². The molecular formula is C12H15BrN2O5. The van der Waals surface area contributed by atoms with Gasteiger partial charge in [-0.2, -0.15) is 0 Å². The van der Waals surface area contributed by atoms with Gasteiger partial charge in [-0.25, -0.2) is 0 Å². The number of nitrogens with zero attached hydrogens (tertiary/aromatic N) is 2. The Labute approximate surface area is 123 Å². The molecule has 0 unspecified atom stereocenters. The number of hydrogen-bond donors (Lipinski definition) is 1. The van der Waals surface area contributed by atoms with Crippen molar-refractivity contribution >= 4 is 27.6 Å². The molecule has 110 valence electrons. The summed E-state index contributed by atoms with van der Waals surface area (Å²) in [6.45, 7) is 1.85. The molecule has 1 aromatic rings. The van der Waals surface area contributed by atoms with Crippen molar-refractivity contribution in [1.82, 2.24) is 4.57 Å². The summed E-state index contributed by atoms with van der Waals surface area (Å²) in [5.74, 6) is -0.851. The predicted octanol–water partition coefficient (Wildman–Crippen LogP) is 2.47. The molecule has 0 aliphatic heterocycles. The van der Waals surface area contributed by atoms with Gasteiger partial charge in [-0.3, -0.25) is 19.7 Å². The van der Waals surface area contributed by atoms with E-state index in [1.807, 2.05) is 0 Å². The zero-order chi connectivity index (χ0) is 15.3. The third-order valence-corrected chi connectivity index (χ3v) is 3.86. The lowest BCUT2D eigenvalue weighted by Crippen LogP contribution is -2.22. The number of carboxylic acids is 1. The molecule has 0 fully saturated rings. The molecule has 20 heavy (non-hydrogen) atoms. The van der Waals surface area contributed by atoms with E-state index in [-0.39, 0.29) is 22.1 Å². The summed E-state index contributed by atoms with van der Waals surface area (Å²) >= 11 is 3.08. The van der Waals surface area contributed by atoms with E-state index < -0.39 is 10.9 Å². The second kappa shape index (κ2) is 7.18. The highest BCUT2D eigenvalue weighted by Crippen LogP contribution is 2.22. The Bertz CT molecular complexity index is 582. The summed E-state index contributed by atoms with van der Waals surface area (Å²) in [7, 11) is 0. The van der Waals surface area contributed by atoms with Crippen LogP contribution in [-0.2, 0) is 11.3 Å². The molecule has 7 nitrogen and oxygen atoms in total. The van der Waals surface area contributed by atoms with Gasteiger partial charge in [0.05, 0.1) is 15.6 Å². The normalized spacial score (nSPS) is 10.5. The molecule has 8 heteroatoms. The van der Waals surface area contributed by atoms with Crippen molar-refractivity contribution in [3.8, 4) is 0 Å². The number of halogens is 1. The SMILES string of the molecule is Cc1c([N+](=O)[O-])cn(CCCCCC(=O)O)c(=O)c1Br. The van der Waals surface area contributed by atoms with E-state index in [9.17, 15) is 19.7 Å². The van der Waals surface area contributed by atoms with Crippen LogP contribution < -0.4 is 5.56 Å². The summed E-state index contributed by atoms with van der Waals surface area (Å²) in [6, 6.07) is 0. The number of pyridine rings is 1. The lowest BCUT2D eigenvalue weighted by atomic mass is 10.2. The number of carboxylic acid groups (broad SMARTS) is 1. The van der Waals surface area contributed by atoms with Crippen LogP contribution in [0.15, 0.2) is 15.5 Å². The molecule has 0 atom stereocenters. The number of aryl methyl sites for hydroxylation is 1. The molecule has 0 aromatic carbocycles. The Morgan fingerprint density at radius 1 is 1.45 bits per heavy atom. The maximum Gasteiger partial charge on any atom is 0.303 e. The Morgan fingerprint density at radius 3 is 2.65 bits per heavy atom. The van der Waals surface area contributed by atoms with E-state index in [1.54, 1.807) is 0 Å². The van der Waals surface area contributed by atoms with Crippen molar-refractivity contribution in [3.05, 3.63) is 36.7 Å². The number of aliphatic carboxylic acids is 1. The Kier molecular flexibility index (Phi) is 5.87. The Balaban J connectivity index is 2.78. The number of hydrogen-bond acceptors (Lipinski definition) is 4. The average molecular weight is 347 g/mol. The van der Waals surface area contributed by atoms with Gasteiger partial charge < -0.3 is 9.67 Å². The molecule has 0 saturated carbocycles. The Morgan fingerprint density at radius 2 is 2.10 bits per heavy atom. The highest BCUT2D eigenvalue weighted by molar-refractivity contribution is 9.10. The van der Waals surface area contributed by atoms with Crippen LogP contribution in [0, 0.1) is 17.0 Å². The van der Waals surface area contributed by atoms with Crippen LogP contribution in [0.2, 0.25) is 0 Å². The van der Waals surface area contributed by atoms with Gasteiger partial charge >= 0.3 is 5.97 Å². The fourth-order valence-electron chi connectivity index (χ4n) is 1.79. The largest absolute Gasteiger partial charge is 0.481 e. The van der Waals surface area contributed by atoms with Crippen LogP contribution in [0.1, 0.15) is 31.2 Å². The fourth-order valence-corrected chi connectivity index (χ4v) is 2.22. The maximum absolute atomic E-state index is 11.9. The molecular weight excluding hydrogens is 332 g/mol. The maximum atomic E-state index is 11.9. The number of aromatic nitrogens is 1. The predicted molar refractivity (Wildman–Crippen MR) is 75.9 cm³/mol. The van der Waals surface area contributed by atoms with Crippen molar-refractivity contribution in [2.45, 2.75) is 39.2 Å². The summed E-state index contributed by atoms with van der Waals surface area (Å²) in [6.07, 6.45) is 3.10. The van der Waals surface area contributed by atoms with Crippen LogP contribution in [0.4, 0.5) is 5.69 Å². The van der Waals surface area contributed by atoms with E-state index in [0.29, 0.717) is 31.4 Å². The molecule has 1 heterocycles.